The number of aliphatic hydroxyl groups is 2. The molecule has 3 heterocycles. The van der Waals surface area contributed by atoms with Crippen LogP contribution in [0, 0.1) is 0 Å². The Hall–Kier alpha value is -3.54. The zero-order valence-electron chi connectivity index (χ0n) is 19.9. The fourth-order valence-electron chi connectivity index (χ4n) is 4.20. The van der Waals surface area contributed by atoms with Gasteiger partial charge < -0.3 is 35.1 Å². The molecule has 1 aliphatic heterocycles. The molecule has 1 aromatic carbocycles. The van der Waals surface area contributed by atoms with Crippen molar-refractivity contribution in [3.05, 3.63) is 48.4 Å². The first-order chi connectivity index (χ1) is 16.8. The van der Waals surface area contributed by atoms with Gasteiger partial charge in [-0.25, -0.2) is 9.97 Å². The SMILES string of the molecule is CCN(CC)C(=O)c1cn(C2O[C@H](C)[C@@H](O)[C@H]2O)c2ncnc(NCC(=O)Nc3ccccc3)c12. The van der Waals surface area contributed by atoms with Crippen LogP contribution in [0.3, 0.4) is 0 Å². The van der Waals surface area contributed by atoms with Gasteiger partial charge in [-0.2, -0.15) is 0 Å². The molecule has 2 aromatic heterocycles. The number of fused-ring (bicyclic) bond motifs is 1. The van der Waals surface area contributed by atoms with Crippen LogP contribution in [0.1, 0.15) is 37.4 Å². The van der Waals surface area contributed by atoms with Crippen molar-refractivity contribution in [2.24, 2.45) is 0 Å². The van der Waals surface area contributed by atoms with Crippen molar-refractivity contribution in [3.8, 4) is 0 Å². The molecule has 2 amide bonds. The molecule has 0 bridgehead atoms. The lowest BCUT2D eigenvalue weighted by Gasteiger charge is -2.18. The lowest BCUT2D eigenvalue weighted by Crippen LogP contribution is -2.31. The first kappa shape index (κ1) is 24.6. The van der Waals surface area contributed by atoms with Crippen molar-refractivity contribution < 1.29 is 24.5 Å². The van der Waals surface area contributed by atoms with Crippen LogP contribution in [0.4, 0.5) is 11.5 Å². The number of carbonyl (C=O) groups is 2. The number of carbonyl (C=O) groups excluding carboxylic acids is 2. The van der Waals surface area contributed by atoms with E-state index in [1.807, 2.05) is 32.0 Å². The van der Waals surface area contributed by atoms with Crippen molar-refractivity contribution in [1.29, 1.82) is 0 Å². The Labute approximate surface area is 202 Å². The second-order valence-corrected chi connectivity index (χ2v) is 8.33. The Morgan fingerprint density at radius 1 is 1.11 bits per heavy atom. The van der Waals surface area contributed by atoms with Gasteiger partial charge >= 0.3 is 0 Å². The number of benzene rings is 1. The molecule has 11 heteroatoms. The van der Waals surface area contributed by atoms with Crippen LogP contribution in [0.2, 0.25) is 0 Å². The zero-order chi connectivity index (χ0) is 25.1. The summed E-state index contributed by atoms with van der Waals surface area (Å²) in [5, 5.41) is 27.0. The molecule has 0 spiro atoms. The monoisotopic (exact) mass is 482 g/mol. The molecule has 35 heavy (non-hydrogen) atoms. The summed E-state index contributed by atoms with van der Waals surface area (Å²) in [4.78, 5) is 36.2. The summed E-state index contributed by atoms with van der Waals surface area (Å²) < 4.78 is 7.33. The Balaban J connectivity index is 1.70. The lowest BCUT2D eigenvalue weighted by molar-refractivity contribution is -0.114. The zero-order valence-corrected chi connectivity index (χ0v) is 19.9. The van der Waals surface area contributed by atoms with Crippen LogP contribution in [-0.4, -0.2) is 79.4 Å². The van der Waals surface area contributed by atoms with E-state index < -0.39 is 24.5 Å². The normalized spacial score (nSPS) is 21.7. The van der Waals surface area contributed by atoms with E-state index in [1.54, 1.807) is 34.7 Å². The highest BCUT2D eigenvalue weighted by atomic mass is 16.6. The number of anilines is 2. The number of hydrogen-bond donors (Lipinski definition) is 4. The summed E-state index contributed by atoms with van der Waals surface area (Å²) in [5.41, 5.74) is 1.31. The Morgan fingerprint density at radius 3 is 2.46 bits per heavy atom. The minimum atomic E-state index is -1.21. The smallest absolute Gasteiger partial charge is 0.256 e. The average Bonchev–Trinajstić information content (AvgIpc) is 3.37. The molecule has 0 aliphatic carbocycles. The first-order valence-corrected chi connectivity index (χ1v) is 11.6. The quantitative estimate of drug-likeness (QED) is 0.379. The topological polar surface area (TPSA) is 142 Å². The van der Waals surface area contributed by atoms with Crippen molar-refractivity contribution >= 4 is 34.4 Å². The maximum Gasteiger partial charge on any atom is 0.256 e. The second kappa shape index (κ2) is 10.4. The largest absolute Gasteiger partial charge is 0.388 e. The van der Waals surface area contributed by atoms with Gasteiger partial charge in [0.15, 0.2) is 6.23 Å². The molecule has 4 atom stereocenters. The molecule has 4 rings (SSSR count). The fraction of sp³-hybridized carbons (Fsp3) is 0.417. The predicted octanol–water partition coefficient (Wildman–Crippen LogP) is 1.60. The highest BCUT2D eigenvalue weighted by Gasteiger charge is 2.42. The molecule has 11 nitrogen and oxygen atoms in total. The van der Waals surface area contributed by atoms with Gasteiger partial charge in [0, 0.05) is 25.0 Å². The highest BCUT2D eigenvalue weighted by Crippen LogP contribution is 2.35. The third-order valence-corrected chi connectivity index (χ3v) is 6.12. The maximum atomic E-state index is 13.4. The van der Waals surface area contributed by atoms with Gasteiger partial charge in [0.2, 0.25) is 5.91 Å². The third kappa shape index (κ3) is 4.83. The van der Waals surface area contributed by atoms with Gasteiger partial charge in [0.05, 0.1) is 23.6 Å². The summed E-state index contributed by atoms with van der Waals surface area (Å²) in [7, 11) is 0. The minimum Gasteiger partial charge on any atom is -0.388 e. The van der Waals surface area contributed by atoms with Crippen molar-refractivity contribution in [3.63, 3.8) is 0 Å². The summed E-state index contributed by atoms with van der Waals surface area (Å²) in [6.07, 6.45) is -0.960. The van der Waals surface area contributed by atoms with Crippen molar-refractivity contribution in [1.82, 2.24) is 19.4 Å². The number of hydrogen-bond acceptors (Lipinski definition) is 8. The van der Waals surface area contributed by atoms with Crippen LogP contribution in [0.15, 0.2) is 42.9 Å². The van der Waals surface area contributed by atoms with Crippen LogP contribution >= 0.6 is 0 Å². The average molecular weight is 483 g/mol. The Bertz CT molecular complexity index is 1200. The van der Waals surface area contributed by atoms with E-state index in [4.69, 9.17) is 4.74 Å². The molecule has 4 N–H and O–H groups in total. The first-order valence-electron chi connectivity index (χ1n) is 11.6. The molecule has 186 valence electrons. The summed E-state index contributed by atoms with van der Waals surface area (Å²) >= 11 is 0. The third-order valence-electron chi connectivity index (χ3n) is 6.12. The number of para-hydroxylation sites is 1. The summed E-state index contributed by atoms with van der Waals surface area (Å²) in [6, 6.07) is 9.06. The molecule has 3 aromatic rings. The van der Waals surface area contributed by atoms with Crippen LogP contribution in [0.5, 0.6) is 0 Å². The molecule has 1 unspecified atom stereocenters. The fourth-order valence-corrected chi connectivity index (χ4v) is 4.20. The van der Waals surface area contributed by atoms with Gasteiger partial charge in [-0.15, -0.1) is 0 Å². The Kier molecular flexibility index (Phi) is 7.29. The van der Waals surface area contributed by atoms with Crippen LogP contribution in [-0.2, 0) is 9.53 Å². The molecule has 0 radical (unpaired) electrons. The minimum absolute atomic E-state index is 0.0939. The lowest BCUT2D eigenvalue weighted by atomic mass is 10.1. The Morgan fingerprint density at radius 2 is 1.83 bits per heavy atom. The number of amides is 2. The standard InChI is InChI=1S/C24H30N6O5/c1-4-29(5-2)23(34)16-12-30(24-20(33)19(32)14(3)35-24)22-18(16)21(26-13-27-22)25-11-17(31)28-15-9-7-6-8-10-15/h6-10,12-14,19-20,24,32-33H,4-5,11H2,1-3H3,(H,28,31)(H,25,26,27)/t14-,19-,20-,24?/m1/s1. The van der Waals surface area contributed by atoms with Crippen LogP contribution < -0.4 is 10.6 Å². The van der Waals surface area contributed by atoms with Gasteiger partial charge in [-0.05, 0) is 32.9 Å². The van der Waals surface area contributed by atoms with Gasteiger partial charge in [0.1, 0.15) is 30.0 Å². The van der Waals surface area contributed by atoms with E-state index in [1.165, 1.54) is 6.33 Å². The van der Waals surface area contributed by atoms with E-state index >= 15 is 0 Å². The van der Waals surface area contributed by atoms with Gasteiger partial charge in [-0.1, -0.05) is 18.2 Å². The molecular formula is C24H30N6O5. The van der Waals surface area contributed by atoms with Gasteiger partial charge in [-0.3, -0.25) is 9.59 Å². The molecule has 1 saturated heterocycles. The van der Waals surface area contributed by atoms with Crippen LogP contribution in [0.25, 0.3) is 11.0 Å². The molecule has 1 fully saturated rings. The van der Waals surface area contributed by atoms with Crippen molar-refractivity contribution in [2.75, 3.05) is 30.3 Å². The summed E-state index contributed by atoms with van der Waals surface area (Å²) in [5.74, 6) is -0.231. The second-order valence-electron chi connectivity index (χ2n) is 8.33. The summed E-state index contributed by atoms with van der Waals surface area (Å²) in [6.45, 7) is 6.32. The van der Waals surface area contributed by atoms with E-state index in [0.717, 1.165) is 0 Å². The highest BCUT2D eigenvalue weighted by molar-refractivity contribution is 6.10. The van der Waals surface area contributed by atoms with Crippen molar-refractivity contribution in [2.45, 2.75) is 45.3 Å². The van der Waals surface area contributed by atoms with Gasteiger partial charge in [0.25, 0.3) is 5.91 Å². The number of rotatable bonds is 8. The number of aliphatic hydroxyl groups excluding tert-OH is 2. The predicted molar refractivity (Wildman–Crippen MR) is 130 cm³/mol. The molecule has 1 aliphatic rings. The number of nitrogens with zero attached hydrogens (tertiary/aromatic N) is 4. The maximum absolute atomic E-state index is 13.4. The number of aromatic nitrogens is 3. The van der Waals surface area contributed by atoms with E-state index in [9.17, 15) is 19.8 Å². The van der Waals surface area contributed by atoms with E-state index in [-0.39, 0.29) is 18.4 Å². The molecular weight excluding hydrogens is 452 g/mol. The van der Waals surface area contributed by atoms with E-state index in [0.29, 0.717) is 41.2 Å². The number of nitrogens with one attached hydrogen (secondary N) is 2. The van der Waals surface area contributed by atoms with E-state index in [2.05, 4.69) is 20.6 Å². The number of ether oxygens (including phenoxy) is 1. The molecule has 0 saturated carbocycles.